The third kappa shape index (κ3) is 7.19. The van der Waals surface area contributed by atoms with E-state index in [4.69, 9.17) is 18.0 Å². The quantitative estimate of drug-likeness (QED) is 0.254. The van der Waals surface area contributed by atoms with Crippen LogP contribution in [0.3, 0.4) is 0 Å². The predicted octanol–water partition coefficient (Wildman–Crippen LogP) is 2.86. The van der Waals surface area contributed by atoms with E-state index in [0.29, 0.717) is 12.2 Å². The highest BCUT2D eigenvalue weighted by molar-refractivity contribution is 6.66. The van der Waals surface area contributed by atoms with E-state index in [-0.39, 0.29) is 5.97 Å². The highest BCUT2D eigenvalue weighted by Gasteiger charge is 2.36. The van der Waals surface area contributed by atoms with Gasteiger partial charge < -0.3 is 18.0 Å². The van der Waals surface area contributed by atoms with Gasteiger partial charge in [0.15, 0.2) is 0 Å². The van der Waals surface area contributed by atoms with Gasteiger partial charge in [-0.2, -0.15) is 0 Å². The fourth-order valence-corrected chi connectivity index (χ4v) is 3.24. The molecule has 0 unspecified atom stereocenters. The topological polar surface area (TPSA) is 54.0 Å². The van der Waals surface area contributed by atoms with Crippen LogP contribution in [0.1, 0.15) is 46.0 Å². The number of hydrogen-bond donors (Lipinski definition) is 0. The largest absolute Gasteiger partial charge is 0.529 e. The highest BCUT2D eigenvalue weighted by atomic mass is 28.4. The lowest BCUT2D eigenvalue weighted by atomic mass is 10.2. The number of carbonyl (C=O) groups excluding carboxylic acids is 1. The lowest BCUT2D eigenvalue weighted by Crippen LogP contribution is -2.41. The van der Waals surface area contributed by atoms with Gasteiger partial charge in [-0.1, -0.05) is 32.6 Å². The lowest BCUT2D eigenvalue weighted by molar-refractivity contribution is -0.139. The number of esters is 1. The fraction of sp³-hybridized carbons (Fsp3) is 0.786. The van der Waals surface area contributed by atoms with Crippen LogP contribution in [0.4, 0.5) is 0 Å². The van der Waals surface area contributed by atoms with E-state index in [0.717, 1.165) is 12.8 Å². The molecule has 0 aromatic heterocycles. The average Bonchev–Trinajstić information content (AvgIpc) is 2.48. The molecule has 0 saturated carbocycles. The van der Waals surface area contributed by atoms with Crippen molar-refractivity contribution in [1.82, 2.24) is 0 Å². The molecule has 5 nitrogen and oxygen atoms in total. The van der Waals surface area contributed by atoms with Gasteiger partial charge >= 0.3 is 14.8 Å². The minimum Gasteiger partial charge on any atom is -0.462 e. The second-order valence-electron chi connectivity index (χ2n) is 4.59. The van der Waals surface area contributed by atoms with E-state index in [2.05, 4.69) is 6.92 Å². The Morgan fingerprint density at radius 1 is 1.00 bits per heavy atom. The van der Waals surface area contributed by atoms with Crippen molar-refractivity contribution in [2.45, 2.75) is 46.0 Å². The molecule has 0 aromatic rings. The zero-order chi connectivity index (χ0) is 15.4. The molecule has 0 aliphatic heterocycles. The van der Waals surface area contributed by atoms with Gasteiger partial charge in [-0.3, -0.25) is 0 Å². The summed E-state index contributed by atoms with van der Waals surface area (Å²) in [6.07, 6.45) is 5.63. The Kier molecular flexibility index (Phi) is 10.6. The maximum Gasteiger partial charge on any atom is 0.529 e. The third-order valence-corrected chi connectivity index (χ3v) is 5.54. The molecule has 6 heteroatoms. The van der Waals surface area contributed by atoms with E-state index in [9.17, 15) is 4.79 Å². The lowest BCUT2D eigenvalue weighted by Gasteiger charge is -2.21. The summed E-state index contributed by atoms with van der Waals surface area (Å²) in [6.45, 7) is 4.30. The van der Waals surface area contributed by atoms with E-state index in [1.807, 2.05) is 0 Å². The zero-order valence-corrected chi connectivity index (χ0v) is 14.4. The number of carbonyl (C=O) groups is 1. The van der Waals surface area contributed by atoms with Crippen LogP contribution in [-0.4, -0.2) is 42.7 Å². The molecule has 118 valence electrons. The molecule has 0 fully saturated rings. The Hall–Kier alpha value is -0.693. The summed E-state index contributed by atoms with van der Waals surface area (Å²) in [4.78, 5) is 11.8. The molecule has 0 aliphatic rings. The zero-order valence-electron chi connectivity index (χ0n) is 13.4. The van der Waals surface area contributed by atoms with Crippen LogP contribution in [-0.2, 0) is 22.8 Å². The molecular weight excluding hydrogens is 276 g/mol. The molecule has 0 amide bonds. The van der Waals surface area contributed by atoms with E-state index in [1.54, 1.807) is 12.6 Å². The molecule has 0 N–H and O–H groups in total. The van der Waals surface area contributed by atoms with Crippen molar-refractivity contribution in [2.24, 2.45) is 0 Å². The van der Waals surface area contributed by atoms with Crippen LogP contribution in [0.5, 0.6) is 0 Å². The first kappa shape index (κ1) is 19.3. The predicted molar refractivity (Wildman–Crippen MR) is 80.3 cm³/mol. The first-order valence-electron chi connectivity index (χ1n) is 7.07. The van der Waals surface area contributed by atoms with Crippen molar-refractivity contribution in [2.75, 3.05) is 27.9 Å². The first-order chi connectivity index (χ1) is 9.55. The Bertz CT molecular complexity index is 292. The van der Waals surface area contributed by atoms with E-state index < -0.39 is 8.80 Å². The minimum absolute atomic E-state index is 0.344. The molecule has 0 aromatic carbocycles. The normalized spacial score (nSPS) is 12.6. The number of hydrogen-bond acceptors (Lipinski definition) is 5. The van der Waals surface area contributed by atoms with Gasteiger partial charge in [0.1, 0.15) is 0 Å². The highest BCUT2D eigenvalue weighted by Crippen LogP contribution is 2.12. The Morgan fingerprint density at radius 2 is 1.55 bits per heavy atom. The molecule has 0 saturated heterocycles. The summed E-state index contributed by atoms with van der Waals surface area (Å²) in [5.41, 5.74) is 2.06. The van der Waals surface area contributed by atoms with Crippen LogP contribution in [0.15, 0.2) is 11.3 Å². The molecular formula is C14H28O5Si. The summed E-state index contributed by atoms with van der Waals surface area (Å²) < 4.78 is 20.9. The SMILES string of the molecule is CCCCCCCOC(=O)C(C)=C[Si](OC)(OC)OC. The second kappa shape index (κ2) is 11.0. The van der Waals surface area contributed by atoms with Gasteiger partial charge in [0, 0.05) is 26.9 Å². The van der Waals surface area contributed by atoms with Crippen LogP contribution < -0.4 is 0 Å². The summed E-state index contributed by atoms with van der Waals surface area (Å²) in [7, 11) is 1.63. The van der Waals surface area contributed by atoms with Gasteiger partial charge in [0.25, 0.3) is 0 Å². The van der Waals surface area contributed by atoms with E-state index in [1.165, 1.54) is 40.6 Å². The van der Waals surface area contributed by atoms with E-state index >= 15 is 0 Å². The van der Waals surface area contributed by atoms with Gasteiger partial charge in [0.2, 0.25) is 0 Å². The third-order valence-electron chi connectivity index (χ3n) is 3.05. The maximum atomic E-state index is 11.8. The molecule has 0 aliphatic carbocycles. The van der Waals surface area contributed by atoms with Gasteiger partial charge in [0.05, 0.1) is 6.61 Å². The smallest absolute Gasteiger partial charge is 0.462 e. The summed E-state index contributed by atoms with van der Waals surface area (Å²) in [5, 5.41) is 0. The van der Waals surface area contributed by atoms with Crippen LogP contribution >= 0.6 is 0 Å². The molecule has 0 atom stereocenters. The molecule has 0 bridgehead atoms. The number of unbranched alkanes of at least 4 members (excludes halogenated alkanes) is 4. The summed E-state index contributed by atoms with van der Waals surface area (Å²) in [6, 6.07) is 0. The monoisotopic (exact) mass is 304 g/mol. The molecule has 0 spiro atoms. The molecule has 0 radical (unpaired) electrons. The van der Waals surface area contributed by atoms with Crippen LogP contribution in [0.2, 0.25) is 0 Å². The van der Waals surface area contributed by atoms with Crippen molar-refractivity contribution in [1.29, 1.82) is 0 Å². The van der Waals surface area contributed by atoms with Crippen LogP contribution in [0.25, 0.3) is 0 Å². The van der Waals surface area contributed by atoms with Crippen molar-refractivity contribution >= 4 is 14.8 Å². The van der Waals surface area contributed by atoms with Crippen LogP contribution in [0, 0.1) is 0 Å². The number of rotatable bonds is 11. The van der Waals surface area contributed by atoms with Crippen molar-refractivity contribution in [3.8, 4) is 0 Å². The van der Waals surface area contributed by atoms with Crippen molar-refractivity contribution < 1.29 is 22.8 Å². The average molecular weight is 304 g/mol. The maximum absolute atomic E-state index is 11.8. The molecule has 20 heavy (non-hydrogen) atoms. The van der Waals surface area contributed by atoms with Gasteiger partial charge in [-0.25, -0.2) is 4.79 Å². The molecule has 0 heterocycles. The standard InChI is InChI=1S/C14H28O5Si/c1-6-7-8-9-10-11-19-14(15)13(2)12-20(16-3,17-4)18-5/h12H,6-11H2,1-5H3. The molecule has 0 rings (SSSR count). The van der Waals surface area contributed by atoms with Gasteiger partial charge in [-0.05, 0) is 19.0 Å². The Balaban J connectivity index is 4.19. The van der Waals surface area contributed by atoms with Crippen molar-refractivity contribution in [3.63, 3.8) is 0 Å². The second-order valence-corrected chi connectivity index (χ2v) is 7.31. The summed E-state index contributed by atoms with van der Waals surface area (Å²) in [5.74, 6) is -0.344. The summed E-state index contributed by atoms with van der Waals surface area (Å²) >= 11 is 0. The fourth-order valence-electron chi connectivity index (χ4n) is 1.74. The minimum atomic E-state index is -2.87. The van der Waals surface area contributed by atoms with Crippen molar-refractivity contribution in [3.05, 3.63) is 11.3 Å². The van der Waals surface area contributed by atoms with Gasteiger partial charge in [-0.15, -0.1) is 0 Å². The first-order valence-corrected chi connectivity index (χ1v) is 8.87. The Labute approximate surface area is 123 Å². The Morgan fingerprint density at radius 3 is 2.05 bits per heavy atom. The number of ether oxygens (including phenoxy) is 1.